The second-order valence-electron chi connectivity index (χ2n) is 12.1. The van der Waals surface area contributed by atoms with Crippen molar-refractivity contribution in [3.8, 4) is 0 Å². The third kappa shape index (κ3) is 6.97. The monoisotopic (exact) mass is 538 g/mol. The van der Waals surface area contributed by atoms with Crippen molar-refractivity contribution in [3.05, 3.63) is 87.5 Å². The van der Waals surface area contributed by atoms with E-state index in [0.29, 0.717) is 6.42 Å². The first-order valence-electron chi connectivity index (χ1n) is 15.4. The number of Topliss-reactive ketones (excluding diaryl/α,β-unsaturated/α-hetero) is 3. The minimum atomic E-state index is -0.0905. The second kappa shape index (κ2) is 13.5. The molecular weight excluding hydrogens is 492 g/mol. The van der Waals surface area contributed by atoms with Gasteiger partial charge in [-0.15, -0.1) is 0 Å². The van der Waals surface area contributed by atoms with Crippen LogP contribution in [0.25, 0.3) is 5.57 Å². The van der Waals surface area contributed by atoms with Crippen molar-refractivity contribution >= 4 is 22.9 Å². The Balaban J connectivity index is 1.46. The minimum Gasteiger partial charge on any atom is -0.300 e. The Morgan fingerprint density at radius 2 is 1.75 bits per heavy atom. The average Bonchev–Trinajstić information content (AvgIpc) is 3.39. The van der Waals surface area contributed by atoms with Crippen molar-refractivity contribution in [2.24, 2.45) is 17.8 Å². The molecule has 2 aliphatic rings. The highest BCUT2D eigenvalue weighted by Crippen LogP contribution is 2.38. The predicted molar refractivity (Wildman–Crippen MR) is 165 cm³/mol. The summed E-state index contributed by atoms with van der Waals surface area (Å²) in [6.07, 6.45) is 12.6. The number of carbonyl (C=O) groups is 3. The lowest BCUT2D eigenvalue weighted by Gasteiger charge is -2.32. The van der Waals surface area contributed by atoms with Gasteiger partial charge in [-0.25, -0.2) is 0 Å². The van der Waals surface area contributed by atoms with Crippen LogP contribution in [0.15, 0.2) is 54.1 Å². The van der Waals surface area contributed by atoms with Crippen LogP contribution >= 0.6 is 0 Å². The number of benzene rings is 2. The van der Waals surface area contributed by atoms with E-state index in [0.717, 1.165) is 68.1 Å². The molecule has 212 valence electrons. The molecule has 0 spiro atoms. The molecule has 0 radical (unpaired) electrons. The maximum absolute atomic E-state index is 13.5. The van der Waals surface area contributed by atoms with Crippen LogP contribution < -0.4 is 0 Å². The summed E-state index contributed by atoms with van der Waals surface area (Å²) in [5.41, 5.74) is 9.79. The molecular formula is C37H46O3. The molecule has 3 unspecified atom stereocenters. The van der Waals surface area contributed by atoms with Gasteiger partial charge in [0.25, 0.3) is 0 Å². The number of aryl methyl sites for hydroxylation is 1. The fourth-order valence-corrected chi connectivity index (χ4v) is 7.04. The van der Waals surface area contributed by atoms with Crippen molar-refractivity contribution in [2.45, 2.75) is 98.8 Å². The topological polar surface area (TPSA) is 51.2 Å². The molecule has 3 nitrogen and oxygen atoms in total. The average molecular weight is 539 g/mol. The third-order valence-corrected chi connectivity index (χ3v) is 9.12. The number of allylic oxidation sites excluding steroid dienone is 4. The summed E-state index contributed by atoms with van der Waals surface area (Å²) in [5.74, 6) is 0.664. The molecule has 0 saturated heterocycles. The Kier molecular flexibility index (Phi) is 10.1. The van der Waals surface area contributed by atoms with Gasteiger partial charge in [0, 0.05) is 17.9 Å². The van der Waals surface area contributed by atoms with Crippen LogP contribution in [0.5, 0.6) is 0 Å². The van der Waals surface area contributed by atoms with E-state index in [-0.39, 0.29) is 41.5 Å². The van der Waals surface area contributed by atoms with Crippen LogP contribution in [-0.4, -0.2) is 17.3 Å². The molecule has 0 aromatic heterocycles. The van der Waals surface area contributed by atoms with Gasteiger partial charge < -0.3 is 0 Å². The van der Waals surface area contributed by atoms with E-state index in [9.17, 15) is 14.4 Å². The van der Waals surface area contributed by atoms with Crippen molar-refractivity contribution in [3.63, 3.8) is 0 Å². The van der Waals surface area contributed by atoms with Crippen LogP contribution in [-0.2, 0) is 28.9 Å². The standard InChI is InChI=1S/C37H46O3/c1-6-9-32(34(8-3)35(39)18-24(4)38)21-28-22-33-17-16-30(25(5)37(33)36(40)23-28)19-27-12-15-31(20-27)29-13-10-26(7-2)11-14-29/h10-11,13-17,20,28,32,34H,6-9,12,18-19,21-23H2,1-5H3. The summed E-state index contributed by atoms with van der Waals surface area (Å²) in [7, 11) is 0. The fourth-order valence-electron chi connectivity index (χ4n) is 7.04. The van der Waals surface area contributed by atoms with Crippen LogP contribution in [0, 0.1) is 24.7 Å². The van der Waals surface area contributed by atoms with Gasteiger partial charge in [0.2, 0.25) is 0 Å². The SMILES string of the molecule is CCCC(CC1CC(=O)c2c(ccc(CC3=CC(c4ccc(CC)cc4)=CC3)c2C)C1)C(CC)C(=O)CC(C)=O. The van der Waals surface area contributed by atoms with E-state index in [1.54, 1.807) is 0 Å². The molecule has 40 heavy (non-hydrogen) atoms. The summed E-state index contributed by atoms with van der Waals surface area (Å²) in [5, 5.41) is 0. The summed E-state index contributed by atoms with van der Waals surface area (Å²) in [6.45, 7) is 10.0. The molecule has 3 atom stereocenters. The van der Waals surface area contributed by atoms with E-state index in [1.807, 2.05) is 0 Å². The summed E-state index contributed by atoms with van der Waals surface area (Å²) in [6, 6.07) is 13.3. The van der Waals surface area contributed by atoms with E-state index in [1.165, 1.54) is 34.8 Å². The molecule has 2 aromatic rings. The van der Waals surface area contributed by atoms with Crippen LogP contribution in [0.4, 0.5) is 0 Å². The van der Waals surface area contributed by atoms with Gasteiger partial charge in [-0.3, -0.25) is 14.4 Å². The molecule has 4 rings (SSSR count). The van der Waals surface area contributed by atoms with Crippen molar-refractivity contribution in [1.82, 2.24) is 0 Å². The molecule has 0 bridgehead atoms. The highest BCUT2D eigenvalue weighted by molar-refractivity contribution is 6.00. The molecule has 0 aliphatic heterocycles. The highest BCUT2D eigenvalue weighted by Gasteiger charge is 2.33. The van der Waals surface area contributed by atoms with Crippen molar-refractivity contribution < 1.29 is 14.4 Å². The van der Waals surface area contributed by atoms with Crippen molar-refractivity contribution in [2.75, 3.05) is 0 Å². The zero-order valence-electron chi connectivity index (χ0n) is 25.1. The first-order valence-corrected chi connectivity index (χ1v) is 15.4. The number of carbonyl (C=O) groups excluding carboxylic acids is 3. The molecule has 0 heterocycles. The Hall–Kier alpha value is -3.07. The first kappa shape index (κ1) is 29.9. The van der Waals surface area contributed by atoms with E-state index in [4.69, 9.17) is 0 Å². The van der Waals surface area contributed by atoms with Crippen LogP contribution in [0.2, 0.25) is 0 Å². The fraction of sp³-hybridized carbons (Fsp3) is 0.486. The number of hydrogen-bond donors (Lipinski definition) is 0. The number of ketones is 3. The van der Waals surface area contributed by atoms with Gasteiger partial charge in [-0.05, 0) is 97.6 Å². The summed E-state index contributed by atoms with van der Waals surface area (Å²) in [4.78, 5) is 38.0. The zero-order valence-corrected chi connectivity index (χ0v) is 25.1. The number of fused-ring (bicyclic) bond motifs is 1. The number of rotatable bonds is 13. The lowest BCUT2D eigenvalue weighted by Crippen LogP contribution is -2.30. The smallest absolute Gasteiger partial charge is 0.163 e. The first-order chi connectivity index (χ1) is 19.2. The van der Waals surface area contributed by atoms with Gasteiger partial charge in [-0.1, -0.05) is 87.7 Å². The second-order valence-corrected chi connectivity index (χ2v) is 12.1. The lowest BCUT2D eigenvalue weighted by molar-refractivity contribution is -0.129. The Bertz CT molecular complexity index is 1310. The quantitative estimate of drug-likeness (QED) is 0.240. The Morgan fingerprint density at radius 3 is 2.40 bits per heavy atom. The van der Waals surface area contributed by atoms with E-state index in [2.05, 4.69) is 76.2 Å². The third-order valence-electron chi connectivity index (χ3n) is 9.12. The van der Waals surface area contributed by atoms with Gasteiger partial charge in [0.1, 0.15) is 11.6 Å². The molecule has 0 amide bonds. The Labute approximate surface area is 241 Å². The van der Waals surface area contributed by atoms with Gasteiger partial charge in [-0.2, -0.15) is 0 Å². The zero-order chi connectivity index (χ0) is 28.8. The predicted octanol–water partition coefficient (Wildman–Crippen LogP) is 8.64. The summed E-state index contributed by atoms with van der Waals surface area (Å²) >= 11 is 0. The van der Waals surface area contributed by atoms with E-state index >= 15 is 0 Å². The van der Waals surface area contributed by atoms with Crippen LogP contribution in [0.3, 0.4) is 0 Å². The minimum absolute atomic E-state index is 0.0334. The molecule has 3 heteroatoms. The highest BCUT2D eigenvalue weighted by atomic mass is 16.1. The molecule has 2 aliphatic carbocycles. The normalized spacial score (nSPS) is 18.1. The van der Waals surface area contributed by atoms with Gasteiger partial charge in [0.05, 0.1) is 6.42 Å². The van der Waals surface area contributed by atoms with E-state index < -0.39 is 0 Å². The maximum Gasteiger partial charge on any atom is 0.163 e. The molecule has 0 N–H and O–H groups in total. The Morgan fingerprint density at radius 1 is 1.00 bits per heavy atom. The van der Waals surface area contributed by atoms with Gasteiger partial charge >= 0.3 is 0 Å². The maximum atomic E-state index is 13.5. The molecule has 0 fully saturated rings. The summed E-state index contributed by atoms with van der Waals surface area (Å²) < 4.78 is 0. The molecule has 2 aromatic carbocycles. The van der Waals surface area contributed by atoms with Gasteiger partial charge in [0.15, 0.2) is 5.78 Å². The lowest BCUT2D eigenvalue weighted by atomic mass is 9.71. The number of hydrogen-bond acceptors (Lipinski definition) is 3. The largest absolute Gasteiger partial charge is 0.300 e. The van der Waals surface area contributed by atoms with Crippen molar-refractivity contribution in [1.29, 1.82) is 0 Å². The molecule has 0 saturated carbocycles. The van der Waals surface area contributed by atoms with Crippen LogP contribution in [0.1, 0.15) is 111 Å².